The summed E-state index contributed by atoms with van der Waals surface area (Å²) in [5.74, 6) is 0.836. The normalized spacial score (nSPS) is 31.0. The summed E-state index contributed by atoms with van der Waals surface area (Å²) in [5, 5.41) is 3.46. The fraction of sp³-hybridized carbons (Fsp3) is 1.00. The Morgan fingerprint density at radius 3 is 2.42 bits per heavy atom. The number of hydrogen-bond acceptors (Lipinski definition) is 1. The van der Waals surface area contributed by atoms with Crippen LogP contribution in [0.15, 0.2) is 0 Å². The zero-order chi connectivity index (χ0) is 8.32. The van der Waals surface area contributed by atoms with Gasteiger partial charge in [-0.1, -0.05) is 28.2 Å². The molecule has 0 bridgehead atoms. The van der Waals surface area contributed by atoms with Crippen LogP contribution in [0.2, 0.25) is 0 Å². The zero-order valence-electron chi connectivity index (χ0n) is 8.11. The summed E-state index contributed by atoms with van der Waals surface area (Å²) < 4.78 is 0. The highest BCUT2D eigenvalue weighted by atomic mass is 14.9. The van der Waals surface area contributed by atoms with E-state index >= 15 is 0 Å². The van der Waals surface area contributed by atoms with Crippen LogP contribution in [0.4, 0.5) is 0 Å². The van der Waals surface area contributed by atoms with E-state index in [1.54, 1.807) is 0 Å². The third-order valence-electron chi connectivity index (χ3n) is 3.37. The van der Waals surface area contributed by atoms with Gasteiger partial charge in [-0.05, 0) is 43.7 Å². The lowest BCUT2D eigenvalue weighted by molar-refractivity contribution is 0.191. The molecule has 12 heavy (non-hydrogen) atoms. The smallest absolute Gasteiger partial charge is 0.00436 e. The van der Waals surface area contributed by atoms with Gasteiger partial charge in [0.1, 0.15) is 0 Å². The van der Waals surface area contributed by atoms with E-state index in [4.69, 9.17) is 0 Å². The second-order valence-corrected chi connectivity index (χ2v) is 4.41. The van der Waals surface area contributed by atoms with Crippen LogP contribution < -0.4 is 5.32 Å². The maximum absolute atomic E-state index is 3.46. The molecule has 1 rings (SSSR count). The molecule has 0 aromatic heterocycles. The van der Waals surface area contributed by atoms with Crippen molar-refractivity contribution in [2.24, 2.45) is 11.3 Å². The second kappa shape index (κ2) is 4.86. The topological polar surface area (TPSA) is 12.0 Å². The van der Waals surface area contributed by atoms with Crippen molar-refractivity contribution in [3.05, 3.63) is 0 Å². The zero-order valence-corrected chi connectivity index (χ0v) is 8.11. The standard InChI is InChI=1S/C10H21N.CH4/c1-9(2)10(3)5-4-7-11-8-6-10;/h9,11H,4-8H2,1-3H3;1H4. The molecule has 0 saturated carbocycles. The molecule has 1 unspecified atom stereocenters. The van der Waals surface area contributed by atoms with E-state index in [0.717, 1.165) is 5.92 Å². The van der Waals surface area contributed by atoms with Crippen molar-refractivity contribution in [3.63, 3.8) is 0 Å². The minimum Gasteiger partial charge on any atom is -0.317 e. The molecule has 0 aliphatic carbocycles. The van der Waals surface area contributed by atoms with Gasteiger partial charge in [-0.25, -0.2) is 0 Å². The lowest BCUT2D eigenvalue weighted by atomic mass is 9.73. The molecule has 1 nitrogen and oxygen atoms in total. The minimum atomic E-state index is 0. The molecule has 74 valence electrons. The minimum absolute atomic E-state index is 0. The predicted molar refractivity (Wildman–Crippen MR) is 56.4 cm³/mol. The van der Waals surface area contributed by atoms with Gasteiger partial charge < -0.3 is 5.32 Å². The van der Waals surface area contributed by atoms with Gasteiger partial charge in [-0.2, -0.15) is 0 Å². The SMILES string of the molecule is C.CC(C)C1(C)CCCNCC1. The van der Waals surface area contributed by atoms with Gasteiger partial charge in [-0.3, -0.25) is 0 Å². The molecule has 1 aliphatic rings. The van der Waals surface area contributed by atoms with Gasteiger partial charge in [0.15, 0.2) is 0 Å². The Bertz CT molecular complexity index is 110. The summed E-state index contributed by atoms with van der Waals surface area (Å²) in [6.45, 7) is 9.58. The third-order valence-corrected chi connectivity index (χ3v) is 3.37. The summed E-state index contributed by atoms with van der Waals surface area (Å²) in [7, 11) is 0. The number of hydrogen-bond donors (Lipinski definition) is 1. The molecule has 1 fully saturated rings. The molecular formula is C11H25N. The van der Waals surface area contributed by atoms with Gasteiger partial charge in [0.05, 0.1) is 0 Å². The van der Waals surface area contributed by atoms with Crippen LogP contribution in [-0.4, -0.2) is 13.1 Å². The number of nitrogens with one attached hydrogen (secondary N) is 1. The first-order chi connectivity index (χ1) is 5.15. The third kappa shape index (κ3) is 2.78. The Morgan fingerprint density at radius 2 is 1.83 bits per heavy atom. The van der Waals surface area contributed by atoms with Crippen molar-refractivity contribution >= 4 is 0 Å². The van der Waals surface area contributed by atoms with Crippen LogP contribution in [0.3, 0.4) is 0 Å². The Balaban J connectivity index is 0.00000121. The highest BCUT2D eigenvalue weighted by Crippen LogP contribution is 2.36. The van der Waals surface area contributed by atoms with E-state index < -0.39 is 0 Å². The highest BCUT2D eigenvalue weighted by molar-refractivity contribution is 4.81. The summed E-state index contributed by atoms with van der Waals surface area (Å²) in [5.41, 5.74) is 0.601. The predicted octanol–water partition coefficient (Wildman–Crippen LogP) is 3.06. The summed E-state index contributed by atoms with van der Waals surface area (Å²) in [4.78, 5) is 0. The highest BCUT2D eigenvalue weighted by Gasteiger charge is 2.28. The molecule has 1 aliphatic heterocycles. The van der Waals surface area contributed by atoms with Gasteiger partial charge in [0, 0.05) is 0 Å². The Labute approximate surface area is 77.9 Å². The van der Waals surface area contributed by atoms with Crippen molar-refractivity contribution in [2.45, 2.75) is 47.5 Å². The van der Waals surface area contributed by atoms with E-state index in [1.165, 1.54) is 32.4 Å². The Morgan fingerprint density at radius 1 is 1.17 bits per heavy atom. The maximum atomic E-state index is 3.46. The van der Waals surface area contributed by atoms with Gasteiger partial charge >= 0.3 is 0 Å². The lowest BCUT2D eigenvalue weighted by Crippen LogP contribution is -2.24. The first-order valence-electron chi connectivity index (χ1n) is 4.86. The Kier molecular flexibility index (Phi) is 4.84. The fourth-order valence-electron chi connectivity index (χ4n) is 1.82. The molecule has 0 aromatic carbocycles. The first-order valence-corrected chi connectivity index (χ1v) is 4.86. The van der Waals surface area contributed by atoms with Crippen molar-refractivity contribution in [3.8, 4) is 0 Å². The fourth-order valence-corrected chi connectivity index (χ4v) is 1.82. The van der Waals surface area contributed by atoms with Gasteiger partial charge in [-0.15, -0.1) is 0 Å². The lowest BCUT2D eigenvalue weighted by Gasteiger charge is -2.32. The average Bonchev–Trinajstić information content (AvgIpc) is 2.15. The van der Waals surface area contributed by atoms with Crippen molar-refractivity contribution in [1.82, 2.24) is 5.32 Å². The van der Waals surface area contributed by atoms with Crippen molar-refractivity contribution in [1.29, 1.82) is 0 Å². The number of rotatable bonds is 1. The molecule has 1 saturated heterocycles. The molecule has 1 heteroatoms. The molecule has 1 N–H and O–H groups in total. The molecule has 0 radical (unpaired) electrons. The molecule has 0 aromatic rings. The van der Waals surface area contributed by atoms with E-state index in [1.807, 2.05) is 0 Å². The van der Waals surface area contributed by atoms with Crippen LogP contribution in [0.1, 0.15) is 47.5 Å². The Hall–Kier alpha value is -0.0400. The summed E-state index contributed by atoms with van der Waals surface area (Å²) in [6, 6.07) is 0. The van der Waals surface area contributed by atoms with E-state index in [-0.39, 0.29) is 7.43 Å². The van der Waals surface area contributed by atoms with Crippen LogP contribution in [0.25, 0.3) is 0 Å². The summed E-state index contributed by atoms with van der Waals surface area (Å²) >= 11 is 0. The van der Waals surface area contributed by atoms with Crippen LogP contribution in [0.5, 0.6) is 0 Å². The molecule has 0 amide bonds. The van der Waals surface area contributed by atoms with E-state index in [9.17, 15) is 0 Å². The molecule has 1 heterocycles. The van der Waals surface area contributed by atoms with Crippen LogP contribution in [0, 0.1) is 11.3 Å². The van der Waals surface area contributed by atoms with Gasteiger partial charge in [0.2, 0.25) is 0 Å². The van der Waals surface area contributed by atoms with Crippen LogP contribution >= 0.6 is 0 Å². The maximum Gasteiger partial charge on any atom is -0.00436 e. The van der Waals surface area contributed by atoms with E-state index in [2.05, 4.69) is 26.1 Å². The van der Waals surface area contributed by atoms with Crippen molar-refractivity contribution < 1.29 is 0 Å². The molecule has 0 spiro atoms. The first kappa shape index (κ1) is 12.0. The molecule has 1 atom stereocenters. The van der Waals surface area contributed by atoms with Crippen molar-refractivity contribution in [2.75, 3.05) is 13.1 Å². The summed E-state index contributed by atoms with van der Waals surface area (Å²) in [6.07, 6.45) is 4.11. The van der Waals surface area contributed by atoms with E-state index in [0.29, 0.717) is 5.41 Å². The largest absolute Gasteiger partial charge is 0.317 e. The van der Waals surface area contributed by atoms with Crippen LogP contribution in [-0.2, 0) is 0 Å². The monoisotopic (exact) mass is 171 g/mol. The average molecular weight is 171 g/mol. The second-order valence-electron chi connectivity index (χ2n) is 4.41. The molecular weight excluding hydrogens is 146 g/mol. The quantitative estimate of drug-likeness (QED) is 0.639. The van der Waals surface area contributed by atoms with Gasteiger partial charge in [0.25, 0.3) is 0 Å².